The summed E-state index contributed by atoms with van der Waals surface area (Å²) in [6.07, 6.45) is 2.13. The maximum absolute atomic E-state index is 13.7. The Bertz CT molecular complexity index is 728. The predicted octanol–water partition coefficient (Wildman–Crippen LogP) is 3.98. The number of aliphatic imine (C=N–C) groups is 1. The molecule has 1 aliphatic carbocycles. The molecule has 2 N–H and O–H groups in total. The molecule has 1 fully saturated rings. The van der Waals surface area contributed by atoms with Crippen molar-refractivity contribution in [2.45, 2.75) is 24.8 Å². The van der Waals surface area contributed by atoms with Gasteiger partial charge in [0.25, 0.3) is 0 Å². The third-order valence-corrected chi connectivity index (χ3v) is 4.53. The largest absolute Gasteiger partial charge is 0.356 e. The van der Waals surface area contributed by atoms with Crippen molar-refractivity contribution >= 4 is 29.9 Å². The SMILES string of the molecule is CN=C(NCc1ccccc1F)NCC1(c2ccc(F)cc2)CC1.I. The smallest absolute Gasteiger partial charge is 0.191 e. The lowest BCUT2D eigenvalue weighted by Gasteiger charge is -2.19. The highest BCUT2D eigenvalue weighted by atomic mass is 127. The van der Waals surface area contributed by atoms with Crippen molar-refractivity contribution in [2.24, 2.45) is 4.99 Å². The zero-order valence-electron chi connectivity index (χ0n) is 14.1. The highest BCUT2D eigenvalue weighted by molar-refractivity contribution is 14.0. The van der Waals surface area contributed by atoms with E-state index in [2.05, 4.69) is 15.6 Å². The van der Waals surface area contributed by atoms with Gasteiger partial charge in [-0.15, -0.1) is 24.0 Å². The molecule has 0 aliphatic heterocycles. The molecule has 3 nitrogen and oxygen atoms in total. The fourth-order valence-corrected chi connectivity index (χ4v) is 2.82. The minimum atomic E-state index is -0.231. The van der Waals surface area contributed by atoms with Crippen molar-refractivity contribution in [3.63, 3.8) is 0 Å². The molecule has 0 saturated heterocycles. The van der Waals surface area contributed by atoms with E-state index in [0.717, 1.165) is 24.9 Å². The number of nitrogens with zero attached hydrogens (tertiary/aromatic N) is 1. The summed E-state index contributed by atoms with van der Waals surface area (Å²) in [6, 6.07) is 13.4. The predicted molar refractivity (Wildman–Crippen MR) is 107 cm³/mol. The summed E-state index contributed by atoms with van der Waals surface area (Å²) < 4.78 is 26.7. The fraction of sp³-hybridized carbons (Fsp3) is 0.316. The van der Waals surface area contributed by atoms with E-state index in [-0.39, 0.29) is 41.0 Å². The van der Waals surface area contributed by atoms with Crippen LogP contribution in [0.3, 0.4) is 0 Å². The molecule has 1 saturated carbocycles. The Balaban J connectivity index is 0.00000225. The van der Waals surface area contributed by atoms with E-state index in [9.17, 15) is 8.78 Å². The van der Waals surface area contributed by atoms with Gasteiger partial charge in [-0.05, 0) is 36.6 Å². The Morgan fingerprint density at radius 3 is 2.32 bits per heavy atom. The maximum atomic E-state index is 13.7. The van der Waals surface area contributed by atoms with Gasteiger partial charge in [0.2, 0.25) is 0 Å². The van der Waals surface area contributed by atoms with Gasteiger partial charge in [0.05, 0.1) is 0 Å². The lowest BCUT2D eigenvalue weighted by atomic mass is 9.96. The molecule has 2 aromatic rings. The molecular formula is C19H22F2IN3. The summed E-state index contributed by atoms with van der Waals surface area (Å²) in [5.74, 6) is 0.182. The molecule has 0 radical (unpaired) electrons. The van der Waals surface area contributed by atoms with Crippen molar-refractivity contribution in [1.29, 1.82) is 0 Å². The van der Waals surface area contributed by atoms with Crippen LogP contribution in [0.2, 0.25) is 0 Å². The van der Waals surface area contributed by atoms with Crippen molar-refractivity contribution in [2.75, 3.05) is 13.6 Å². The summed E-state index contributed by atoms with van der Waals surface area (Å²) in [6.45, 7) is 1.09. The van der Waals surface area contributed by atoms with E-state index in [1.807, 2.05) is 18.2 Å². The summed E-state index contributed by atoms with van der Waals surface area (Å²) in [5.41, 5.74) is 1.78. The summed E-state index contributed by atoms with van der Waals surface area (Å²) in [7, 11) is 1.69. The molecule has 25 heavy (non-hydrogen) atoms. The maximum Gasteiger partial charge on any atom is 0.191 e. The van der Waals surface area contributed by atoms with Gasteiger partial charge in [0.1, 0.15) is 11.6 Å². The van der Waals surface area contributed by atoms with Gasteiger partial charge in [0.15, 0.2) is 5.96 Å². The van der Waals surface area contributed by atoms with Gasteiger partial charge in [0, 0.05) is 31.1 Å². The molecule has 0 atom stereocenters. The molecule has 2 aromatic carbocycles. The van der Waals surface area contributed by atoms with Crippen LogP contribution >= 0.6 is 24.0 Å². The second-order valence-electron chi connectivity index (χ2n) is 6.16. The average molecular weight is 457 g/mol. The van der Waals surface area contributed by atoms with Gasteiger partial charge < -0.3 is 10.6 Å². The Morgan fingerprint density at radius 2 is 1.72 bits per heavy atom. The first kappa shape index (κ1) is 19.6. The Labute approximate surface area is 164 Å². The second kappa shape index (κ2) is 8.60. The van der Waals surface area contributed by atoms with Crippen LogP contribution in [0.4, 0.5) is 8.78 Å². The summed E-state index contributed by atoms with van der Waals surface area (Å²) >= 11 is 0. The Morgan fingerprint density at radius 1 is 1.04 bits per heavy atom. The molecule has 0 heterocycles. The zero-order valence-corrected chi connectivity index (χ0v) is 16.4. The molecule has 0 amide bonds. The van der Waals surface area contributed by atoms with Gasteiger partial charge in [-0.3, -0.25) is 4.99 Å². The first-order valence-corrected chi connectivity index (χ1v) is 8.07. The van der Waals surface area contributed by atoms with Gasteiger partial charge in [-0.2, -0.15) is 0 Å². The molecule has 0 aromatic heterocycles. The molecule has 0 unspecified atom stereocenters. The lowest BCUT2D eigenvalue weighted by molar-refractivity contribution is 0.601. The molecule has 1 aliphatic rings. The first-order valence-electron chi connectivity index (χ1n) is 8.07. The van der Waals surface area contributed by atoms with E-state index in [1.54, 1.807) is 19.2 Å². The van der Waals surface area contributed by atoms with Crippen LogP contribution in [-0.4, -0.2) is 19.6 Å². The van der Waals surface area contributed by atoms with E-state index >= 15 is 0 Å². The molecule has 6 heteroatoms. The van der Waals surface area contributed by atoms with Crippen molar-refractivity contribution in [1.82, 2.24) is 10.6 Å². The highest BCUT2D eigenvalue weighted by Crippen LogP contribution is 2.47. The van der Waals surface area contributed by atoms with Gasteiger partial charge in [-0.1, -0.05) is 30.3 Å². The third-order valence-electron chi connectivity index (χ3n) is 4.53. The van der Waals surface area contributed by atoms with Crippen molar-refractivity contribution in [3.8, 4) is 0 Å². The topological polar surface area (TPSA) is 36.4 Å². The number of hydrogen-bond acceptors (Lipinski definition) is 1. The molecule has 3 rings (SSSR count). The zero-order chi connectivity index (χ0) is 17.0. The molecule has 0 bridgehead atoms. The van der Waals surface area contributed by atoms with Crippen LogP contribution in [0, 0.1) is 11.6 Å². The average Bonchev–Trinajstić information content (AvgIpc) is 3.38. The summed E-state index contributed by atoms with van der Waals surface area (Å²) in [5, 5.41) is 6.42. The van der Waals surface area contributed by atoms with Crippen LogP contribution < -0.4 is 10.6 Å². The number of rotatable bonds is 5. The van der Waals surface area contributed by atoms with Crippen LogP contribution in [-0.2, 0) is 12.0 Å². The lowest BCUT2D eigenvalue weighted by Crippen LogP contribution is -2.41. The minimum Gasteiger partial charge on any atom is -0.356 e. The normalized spacial score (nSPS) is 15.2. The molecular weight excluding hydrogens is 435 g/mol. The Kier molecular flexibility index (Phi) is 6.75. The van der Waals surface area contributed by atoms with E-state index in [1.165, 1.54) is 18.2 Å². The monoisotopic (exact) mass is 457 g/mol. The molecule has 0 spiro atoms. The van der Waals surface area contributed by atoms with Crippen LogP contribution in [0.25, 0.3) is 0 Å². The fourth-order valence-electron chi connectivity index (χ4n) is 2.82. The second-order valence-corrected chi connectivity index (χ2v) is 6.16. The quantitative estimate of drug-likeness (QED) is 0.405. The highest BCUT2D eigenvalue weighted by Gasteiger charge is 2.44. The first-order chi connectivity index (χ1) is 11.6. The van der Waals surface area contributed by atoms with Crippen LogP contribution in [0.5, 0.6) is 0 Å². The van der Waals surface area contributed by atoms with E-state index in [0.29, 0.717) is 18.1 Å². The van der Waals surface area contributed by atoms with Crippen LogP contribution in [0.1, 0.15) is 24.0 Å². The minimum absolute atomic E-state index is 0. The van der Waals surface area contributed by atoms with Crippen molar-refractivity contribution in [3.05, 3.63) is 71.3 Å². The number of nitrogens with one attached hydrogen (secondary N) is 2. The Hall–Kier alpha value is -1.70. The summed E-state index contributed by atoms with van der Waals surface area (Å²) in [4.78, 5) is 4.18. The number of benzene rings is 2. The number of hydrogen-bond donors (Lipinski definition) is 2. The third kappa shape index (κ3) is 4.90. The van der Waals surface area contributed by atoms with Gasteiger partial charge in [-0.25, -0.2) is 8.78 Å². The van der Waals surface area contributed by atoms with Gasteiger partial charge >= 0.3 is 0 Å². The van der Waals surface area contributed by atoms with Crippen molar-refractivity contribution < 1.29 is 8.78 Å². The van der Waals surface area contributed by atoms with E-state index < -0.39 is 0 Å². The number of halogens is 3. The molecule has 134 valence electrons. The number of guanidine groups is 1. The van der Waals surface area contributed by atoms with Crippen LogP contribution in [0.15, 0.2) is 53.5 Å². The van der Waals surface area contributed by atoms with E-state index in [4.69, 9.17) is 0 Å². The standard InChI is InChI=1S/C19H21F2N3.HI/c1-22-18(23-12-14-4-2-3-5-17(14)21)24-13-19(10-11-19)15-6-8-16(20)9-7-15;/h2-9H,10-13H2,1H3,(H2,22,23,24);1H.